The summed E-state index contributed by atoms with van der Waals surface area (Å²) in [6, 6.07) is 9.85. The van der Waals surface area contributed by atoms with Gasteiger partial charge in [-0.15, -0.1) is 0 Å². The summed E-state index contributed by atoms with van der Waals surface area (Å²) in [6.07, 6.45) is 3.44. The first-order valence-electron chi connectivity index (χ1n) is 10.2. The van der Waals surface area contributed by atoms with E-state index in [2.05, 4.69) is 5.32 Å². The van der Waals surface area contributed by atoms with Crippen molar-refractivity contribution in [2.45, 2.75) is 60.4 Å². The van der Waals surface area contributed by atoms with Crippen LogP contribution in [0.1, 0.15) is 25.7 Å². The minimum Gasteiger partial charge on any atom is -0.457 e. The van der Waals surface area contributed by atoms with Gasteiger partial charge in [-0.3, -0.25) is 9.59 Å². The Kier molecular flexibility index (Phi) is 8.74. The number of amides is 1. The summed E-state index contributed by atoms with van der Waals surface area (Å²) < 4.78 is 23.5. The molecule has 5 atom stereocenters. The lowest BCUT2D eigenvalue weighted by atomic mass is 9.98. The van der Waals surface area contributed by atoms with Crippen LogP contribution in [0.5, 0.6) is 0 Å². The molecule has 30 heavy (non-hydrogen) atoms. The normalized spacial score (nSPS) is 30.8. The lowest BCUT2D eigenvalue weighted by Gasteiger charge is -2.44. The van der Waals surface area contributed by atoms with E-state index in [1.807, 2.05) is 42.5 Å². The largest absolute Gasteiger partial charge is 0.457 e. The second-order valence-electron chi connectivity index (χ2n) is 7.18. The number of carbonyl (C=O) groups excluding carboxylic acids is 2. The Morgan fingerprint density at radius 1 is 1.00 bits per heavy atom. The van der Waals surface area contributed by atoms with E-state index < -0.39 is 29.9 Å². The molecule has 0 aliphatic carbocycles. The highest BCUT2D eigenvalue weighted by molar-refractivity contribution is 7.99. The molecule has 8 heteroatoms. The van der Waals surface area contributed by atoms with Crippen molar-refractivity contribution in [3.05, 3.63) is 42.5 Å². The van der Waals surface area contributed by atoms with Crippen LogP contribution in [0.2, 0.25) is 0 Å². The van der Waals surface area contributed by atoms with Gasteiger partial charge in [0, 0.05) is 38.5 Å². The average molecular weight is 436 g/mol. The maximum Gasteiger partial charge on any atom is 0.306 e. The van der Waals surface area contributed by atoms with Crippen LogP contribution < -0.4 is 5.32 Å². The van der Waals surface area contributed by atoms with E-state index in [9.17, 15) is 9.59 Å². The van der Waals surface area contributed by atoms with E-state index >= 15 is 0 Å². The summed E-state index contributed by atoms with van der Waals surface area (Å²) in [5, 5.41) is 2.90. The van der Waals surface area contributed by atoms with Gasteiger partial charge in [0.25, 0.3) is 0 Å². The Morgan fingerprint density at radius 3 is 2.40 bits per heavy atom. The molecule has 7 nitrogen and oxygen atoms in total. The van der Waals surface area contributed by atoms with Gasteiger partial charge in [0.1, 0.15) is 23.7 Å². The summed E-state index contributed by atoms with van der Waals surface area (Å²) in [6.45, 7) is 0.225. The molecule has 0 spiro atoms. The van der Waals surface area contributed by atoms with Crippen LogP contribution in [0.25, 0.3) is 0 Å². The molecule has 0 unspecified atom stereocenters. The first-order valence-corrected chi connectivity index (χ1v) is 11.0. The molecule has 164 valence electrons. The molecule has 2 heterocycles. The van der Waals surface area contributed by atoms with Gasteiger partial charge in [-0.1, -0.05) is 42.1 Å². The van der Waals surface area contributed by atoms with Gasteiger partial charge in [0.15, 0.2) is 6.10 Å². The Hall–Kier alpha value is -1.87. The van der Waals surface area contributed by atoms with E-state index in [-0.39, 0.29) is 24.8 Å². The Labute approximate surface area is 181 Å². The fourth-order valence-electron chi connectivity index (χ4n) is 3.59. The third-order valence-corrected chi connectivity index (χ3v) is 6.27. The Bertz CT molecular complexity index is 728. The van der Waals surface area contributed by atoms with E-state index in [0.717, 1.165) is 4.90 Å². The number of thioether (sulfide) groups is 1. The second kappa shape index (κ2) is 11.5. The minimum absolute atomic E-state index is 0.0670. The van der Waals surface area contributed by atoms with Gasteiger partial charge in [0.2, 0.25) is 5.91 Å². The first kappa shape index (κ1) is 22.8. The fraction of sp³-hybridized carbons (Fsp3) is 0.545. The maximum atomic E-state index is 12.4. The first-order chi connectivity index (χ1) is 14.6. The van der Waals surface area contributed by atoms with Crippen LogP contribution >= 0.6 is 11.8 Å². The summed E-state index contributed by atoms with van der Waals surface area (Å²) in [5.41, 5.74) is -0.392. The molecule has 1 aromatic carbocycles. The molecule has 2 aliphatic heterocycles. The number of ether oxygens (including phenoxy) is 4. The Morgan fingerprint density at radius 2 is 1.70 bits per heavy atom. The molecule has 0 saturated carbocycles. The molecule has 0 bridgehead atoms. The van der Waals surface area contributed by atoms with Gasteiger partial charge in [-0.25, -0.2) is 0 Å². The zero-order valence-electron chi connectivity index (χ0n) is 17.3. The maximum absolute atomic E-state index is 12.4. The van der Waals surface area contributed by atoms with Crippen LogP contribution in [0, 0.1) is 0 Å². The lowest BCUT2D eigenvalue weighted by Crippen LogP contribution is -2.61. The number of benzene rings is 1. The van der Waals surface area contributed by atoms with Gasteiger partial charge >= 0.3 is 5.97 Å². The lowest BCUT2D eigenvalue weighted by molar-refractivity contribution is -0.225. The highest BCUT2D eigenvalue weighted by Gasteiger charge is 2.49. The molecule has 0 radical (unpaired) electrons. The minimum atomic E-state index is -0.690. The smallest absolute Gasteiger partial charge is 0.306 e. The number of carbonyl (C=O) groups is 2. The standard InChI is InChI=1S/C22H29NO6S/c1-26-20-19-16(14-23-17(24)12-8-3-4-9-13-18(25)29-19)28-22(21(20)27-2)30-15-10-6-5-7-11-15/h3-7,10-11,16,19-22H,8-9,12-14H2,1-2H3,(H,23,24)/t16-,19-,20+,21-,22+/m1/s1. The molecular formula is C22H29NO6S. The number of hydrogen-bond acceptors (Lipinski definition) is 7. The van der Waals surface area contributed by atoms with Crippen molar-refractivity contribution in [2.24, 2.45) is 0 Å². The predicted molar refractivity (Wildman–Crippen MR) is 113 cm³/mol. The zero-order chi connectivity index (χ0) is 21.3. The van der Waals surface area contributed by atoms with E-state index in [0.29, 0.717) is 19.3 Å². The number of esters is 1. The molecule has 1 aromatic rings. The topological polar surface area (TPSA) is 83.1 Å². The number of hydrogen-bond donors (Lipinski definition) is 1. The third-order valence-electron chi connectivity index (χ3n) is 5.12. The quantitative estimate of drug-likeness (QED) is 0.575. The van der Waals surface area contributed by atoms with Crippen molar-refractivity contribution in [3.8, 4) is 0 Å². The van der Waals surface area contributed by atoms with Gasteiger partial charge < -0.3 is 24.3 Å². The third kappa shape index (κ3) is 6.07. The van der Waals surface area contributed by atoms with Crippen LogP contribution in [0.15, 0.2) is 47.4 Å². The van der Waals surface area contributed by atoms with Crippen molar-refractivity contribution in [1.82, 2.24) is 5.32 Å². The molecule has 0 aromatic heterocycles. The van der Waals surface area contributed by atoms with Crippen molar-refractivity contribution in [1.29, 1.82) is 0 Å². The van der Waals surface area contributed by atoms with Crippen molar-refractivity contribution in [2.75, 3.05) is 20.8 Å². The monoisotopic (exact) mass is 435 g/mol. The van der Waals surface area contributed by atoms with E-state index in [4.69, 9.17) is 18.9 Å². The molecular weight excluding hydrogens is 406 g/mol. The molecule has 2 aliphatic rings. The van der Waals surface area contributed by atoms with Crippen molar-refractivity contribution >= 4 is 23.6 Å². The van der Waals surface area contributed by atoms with Crippen molar-refractivity contribution < 1.29 is 28.5 Å². The summed E-state index contributed by atoms with van der Waals surface area (Å²) in [5.74, 6) is -0.391. The highest BCUT2D eigenvalue weighted by atomic mass is 32.2. The second-order valence-corrected chi connectivity index (χ2v) is 8.35. The van der Waals surface area contributed by atoms with Crippen molar-refractivity contribution in [3.63, 3.8) is 0 Å². The summed E-state index contributed by atoms with van der Waals surface area (Å²) >= 11 is 1.52. The zero-order valence-corrected chi connectivity index (χ0v) is 18.1. The fourth-order valence-corrected chi connectivity index (χ4v) is 4.77. The number of allylic oxidation sites excluding steroid dienone is 2. The molecule has 1 saturated heterocycles. The average Bonchev–Trinajstić information content (AvgIpc) is 2.76. The number of nitrogens with one attached hydrogen (secondary N) is 1. The highest BCUT2D eigenvalue weighted by Crippen LogP contribution is 2.36. The summed E-state index contributed by atoms with van der Waals surface area (Å²) in [4.78, 5) is 25.7. The molecule has 1 amide bonds. The van der Waals surface area contributed by atoms with Gasteiger partial charge in [-0.2, -0.15) is 0 Å². The number of methoxy groups -OCH3 is 2. The number of rotatable bonds is 4. The molecule has 1 fully saturated rings. The van der Waals surface area contributed by atoms with Crippen LogP contribution in [-0.4, -0.2) is 62.5 Å². The molecule has 3 rings (SSSR count). The van der Waals surface area contributed by atoms with E-state index in [1.54, 1.807) is 14.2 Å². The molecule has 1 N–H and O–H groups in total. The van der Waals surface area contributed by atoms with E-state index in [1.165, 1.54) is 11.8 Å². The van der Waals surface area contributed by atoms with Crippen LogP contribution in [0.4, 0.5) is 0 Å². The van der Waals surface area contributed by atoms with Crippen LogP contribution in [0.3, 0.4) is 0 Å². The van der Waals surface area contributed by atoms with Gasteiger partial charge in [0.05, 0.1) is 0 Å². The summed E-state index contributed by atoms with van der Waals surface area (Å²) in [7, 11) is 3.16. The predicted octanol–water partition coefficient (Wildman–Crippen LogP) is 2.69. The van der Waals surface area contributed by atoms with Crippen LogP contribution in [-0.2, 0) is 28.5 Å². The number of fused-ring (bicyclic) bond motifs is 1. The SMILES string of the molecule is CO[C@@H]1[C@@H](OC)[C@H](Sc2ccccc2)O[C@@H]2CNC(=O)CCC=CCCC(=O)O[C@@H]12. The van der Waals surface area contributed by atoms with Gasteiger partial charge in [-0.05, 0) is 25.0 Å². The Balaban J connectivity index is 1.83.